The minimum Gasteiger partial charge on any atom is -0.497 e. The number of esters is 1. The van der Waals surface area contributed by atoms with Crippen molar-refractivity contribution in [2.24, 2.45) is 4.99 Å². The number of cyclic esters (lactones) is 1. The standard InChI is InChI=1S/C19H15F2NO5/c1-24-14-8-12(9-15(10-14)25-2)17-22-16(18(23)27-17)7-11-3-5-13(6-4-11)26-19(20)21/h3-10,19H,1-2H3/b16-7-. The zero-order chi connectivity index (χ0) is 19.4. The Kier molecular flexibility index (Phi) is 5.35. The van der Waals surface area contributed by atoms with E-state index >= 15 is 0 Å². The second-order valence-corrected chi connectivity index (χ2v) is 5.38. The van der Waals surface area contributed by atoms with Gasteiger partial charge in [-0.2, -0.15) is 8.78 Å². The summed E-state index contributed by atoms with van der Waals surface area (Å²) in [7, 11) is 3.02. The van der Waals surface area contributed by atoms with Crippen molar-refractivity contribution in [2.75, 3.05) is 14.2 Å². The lowest BCUT2D eigenvalue weighted by atomic mass is 10.2. The number of aliphatic imine (C=N–C) groups is 1. The van der Waals surface area contributed by atoms with E-state index in [2.05, 4.69) is 9.73 Å². The fourth-order valence-electron chi connectivity index (χ4n) is 2.37. The predicted octanol–water partition coefficient (Wildman–Crippen LogP) is 3.65. The monoisotopic (exact) mass is 375 g/mol. The average Bonchev–Trinajstić information content (AvgIpc) is 3.03. The van der Waals surface area contributed by atoms with Crippen molar-refractivity contribution in [1.29, 1.82) is 0 Å². The molecule has 0 N–H and O–H groups in total. The van der Waals surface area contributed by atoms with Gasteiger partial charge < -0.3 is 18.9 Å². The second-order valence-electron chi connectivity index (χ2n) is 5.38. The normalized spacial score (nSPS) is 14.9. The number of carbonyl (C=O) groups excluding carboxylic acids is 1. The Morgan fingerprint density at radius 3 is 2.19 bits per heavy atom. The van der Waals surface area contributed by atoms with E-state index in [1.54, 1.807) is 18.2 Å². The van der Waals surface area contributed by atoms with Crippen LogP contribution >= 0.6 is 0 Å². The van der Waals surface area contributed by atoms with E-state index < -0.39 is 12.6 Å². The van der Waals surface area contributed by atoms with Crippen molar-refractivity contribution >= 4 is 17.9 Å². The molecule has 1 aliphatic heterocycles. The van der Waals surface area contributed by atoms with Gasteiger partial charge in [-0.1, -0.05) is 12.1 Å². The molecule has 1 heterocycles. The van der Waals surface area contributed by atoms with Crippen molar-refractivity contribution in [2.45, 2.75) is 6.61 Å². The molecule has 2 aromatic rings. The third-order valence-electron chi connectivity index (χ3n) is 3.63. The molecule has 0 radical (unpaired) electrons. The Morgan fingerprint density at radius 2 is 1.63 bits per heavy atom. The number of ether oxygens (including phenoxy) is 4. The number of rotatable bonds is 6. The molecule has 1 aliphatic rings. The summed E-state index contributed by atoms with van der Waals surface area (Å²) in [5, 5.41) is 0. The molecule has 8 heteroatoms. The van der Waals surface area contributed by atoms with Gasteiger partial charge in [0.05, 0.1) is 14.2 Å². The zero-order valence-corrected chi connectivity index (χ0v) is 14.4. The lowest BCUT2D eigenvalue weighted by Crippen LogP contribution is -2.06. The molecule has 0 amide bonds. The van der Waals surface area contributed by atoms with Crippen LogP contribution in [0.5, 0.6) is 17.2 Å². The van der Waals surface area contributed by atoms with Crippen LogP contribution in [0.1, 0.15) is 11.1 Å². The van der Waals surface area contributed by atoms with Crippen molar-refractivity contribution in [3.8, 4) is 17.2 Å². The molecule has 0 spiro atoms. The van der Waals surface area contributed by atoms with Gasteiger partial charge in [0.1, 0.15) is 17.2 Å². The van der Waals surface area contributed by atoms with Crippen molar-refractivity contribution in [3.05, 3.63) is 59.3 Å². The summed E-state index contributed by atoms with van der Waals surface area (Å²) in [6.07, 6.45) is 1.49. The van der Waals surface area contributed by atoms with Gasteiger partial charge in [-0.05, 0) is 35.9 Å². The summed E-state index contributed by atoms with van der Waals surface area (Å²) in [5.41, 5.74) is 1.18. The van der Waals surface area contributed by atoms with E-state index in [1.165, 1.54) is 44.6 Å². The Labute approximate surface area is 153 Å². The van der Waals surface area contributed by atoms with E-state index in [4.69, 9.17) is 14.2 Å². The van der Waals surface area contributed by atoms with Gasteiger partial charge in [-0.15, -0.1) is 0 Å². The van der Waals surface area contributed by atoms with Gasteiger partial charge in [0.2, 0.25) is 5.90 Å². The topological polar surface area (TPSA) is 66.3 Å². The van der Waals surface area contributed by atoms with Gasteiger partial charge >= 0.3 is 12.6 Å². The molecule has 0 saturated carbocycles. The highest BCUT2D eigenvalue weighted by Gasteiger charge is 2.25. The number of nitrogens with zero attached hydrogens (tertiary/aromatic N) is 1. The summed E-state index contributed by atoms with van der Waals surface area (Å²) in [6, 6.07) is 10.8. The zero-order valence-electron chi connectivity index (χ0n) is 14.4. The van der Waals surface area contributed by atoms with E-state index in [1.807, 2.05) is 0 Å². The van der Waals surface area contributed by atoms with Crippen LogP contribution in [0.25, 0.3) is 6.08 Å². The Balaban J connectivity index is 1.87. The molecule has 6 nitrogen and oxygen atoms in total. The Bertz CT molecular complexity index is 885. The van der Waals surface area contributed by atoms with Gasteiger partial charge in [0, 0.05) is 11.6 Å². The molecule has 0 bridgehead atoms. The molecule has 0 saturated heterocycles. The van der Waals surface area contributed by atoms with E-state index in [0.717, 1.165) is 0 Å². The van der Waals surface area contributed by atoms with Crippen molar-refractivity contribution in [1.82, 2.24) is 0 Å². The molecule has 0 aliphatic carbocycles. The fourth-order valence-corrected chi connectivity index (χ4v) is 2.37. The number of alkyl halides is 2. The van der Waals surface area contributed by atoms with E-state index in [-0.39, 0.29) is 17.3 Å². The summed E-state index contributed by atoms with van der Waals surface area (Å²) in [6.45, 7) is -2.90. The number of benzene rings is 2. The van der Waals surface area contributed by atoms with Crippen LogP contribution in [0.3, 0.4) is 0 Å². The number of hydrogen-bond acceptors (Lipinski definition) is 6. The number of carbonyl (C=O) groups is 1. The maximum Gasteiger partial charge on any atom is 0.387 e. The molecule has 0 fully saturated rings. The highest BCUT2D eigenvalue weighted by molar-refractivity contribution is 6.13. The van der Waals surface area contributed by atoms with Crippen LogP contribution < -0.4 is 14.2 Å². The summed E-state index contributed by atoms with van der Waals surface area (Å²) >= 11 is 0. The van der Waals surface area contributed by atoms with Crippen molar-refractivity contribution in [3.63, 3.8) is 0 Å². The van der Waals surface area contributed by atoms with Gasteiger partial charge in [0.25, 0.3) is 0 Å². The summed E-state index contributed by atoms with van der Waals surface area (Å²) in [5.74, 6) is 0.555. The predicted molar refractivity (Wildman–Crippen MR) is 93.2 cm³/mol. The number of halogens is 2. The average molecular weight is 375 g/mol. The largest absolute Gasteiger partial charge is 0.497 e. The summed E-state index contributed by atoms with van der Waals surface area (Å²) < 4.78 is 44.2. The van der Waals surface area contributed by atoms with Crippen LogP contribution in [0, 0.1) is 0 Å². The molecule has 2 aromatic carbocycles. The lowest BCUT2D eigenvalue weighted by molar-refractivity contribution is -0.129. The highest BCUT2D eigenvalue weighted by atomic mass is 19.3. The first-order valence-electron chi connectivity index (χ1n) is 7.79. The van der Waals surface area contributed by atoms with Crippen molar-refractivity contribution < 1.29 is 32.5 Å². The van der Waals surface area contributed by atoms with Gasteiger partial charge in [-0.3, -0.25) is 0 Å². The fraction of sp³-hybridized carbons (Fsp3) is 0.158. The first-order valence-corrected chi connectivity index (χ1v) is 7.79. The van der Waals surface area contributed by atoms with Gasteiger partial charge in [0.15, 0.2) is 5.70 Å². The molecule has 0 unspecified atom stereocenters. The third-order valence-corrected chi connectivity index (χ3v) is 3.63. The van der Waals surface area contributed by atoms with Crippen LogP contribution in [0.15, 0.2) is 53.2 Å². The highest BCUT2D eigenvalue weighted by Crippen LogP contribution is 2.26. The van der Waals surface area contributed by atoms with Crippen LogP contribution in [0.4, 0.5) is 8.78 Å². The molecule has 0 aromatic heterocycles. The smallest absolute Gasteiger partial charge is 0.387 e. The first kappa shape index (κ1) is 18.4. The number of methoxy groups -OCH3 is 2. The minimum atomic E-state index is -2.90. The van der Waals surface area contributed by atoms with Gasteiger partial charge in [-0.25, -0.2) is 9.79 Å². The van der Waals surface area contributed by atoms with E-state index in [9.17, 15) is 13.6 Å². The Morgan fingerprint density at radius 1 is 1.00 bits per heavy atom. The quantitative estimate of drug-likeness (QED) is 0.570. The molecule has 140 valence electrons. The van der Waals surface area contributed by atoms with Crippen LogP contribution in [-0.4, -0.2) is 32.7 Å². The van der Waals surface area contributed by atoms with Crippen LogP contribution in [0.2, 0.25) is 0 Å². The molecule has 3 rings (SSSR count). The SMILES string of the molecule is COc1cc(OC)cc(C2=N/C(=C\c3ccc(OC(F)F)cc3)C(=O)O2)c1. The second kappa shape index (κ2) is 7.86. The maximum absolute atomic E-state index is 12.2. The van der Waals surface area contributed by atoms with E-state index in [0.29, 0.717) is 22.6 Å². The first-order chi connectivity index (χ1) is 13.0. The molecular formula is C19H15F2NO5. The molecule has 0 atom stereocenters. The Hall–Kier alpha value is -3.42. The molecule has 27 heavy (non-hydrogen) atoms. The molecular weight excluding hydrogens is 360 g/mol. The minimum absolute atomic E-state index is 0.0221. The third kappa shape index (κ3) is 4.41. The maximum atomic E-state index is 12.2. The number of hydrogen-bond donors (Lipinski definition) is 0. The summed E-state index contributed by atoms with van der Waals surface area (Å²) in [4.78, 5) is 16.3. The van der Waals surface area contributed by atoms with Crippen LogP contribution in [-0.2, 0) is 9.53 Å². The lowest BCUT2D eigenvalue weighted by Gasteiger charge is -2.07.